The molecule has 0 aliphatic heterocycles. The van der Waals surface area contributed by atoms with Crippen LogP contribution in [0.5, 0.6) is 0 Å². The van der Waals surface area contributed by atoms with E-state index in [2.05, 4.69) is 11.1 Å². The van der Waals surface area contributed by atoms with E-state index in [4.69, 9.17) is 0 Å². The van der Waals surface area contributed by atoms with E-state index in [0.717, 1.165) is 20.1 Å². The highest BCUT2D eigenvalue weighted by Crippen LogP contribution is 2.30. The highest BCUT2D eigenvalue weighted by Gasteiger charge is 2.23. The van der Waals surface area contributed by atoms with Crippen LogP contribution in [0.2, 0.25) is 0 Å². The molecule has 0 saturated carbocycles. The molecule has 1 aromatic heterocycles. The first-order valence-corrected chi connectivity index (χ1v) is 11.7. The molecule has 0 bridgehead atoms. The average Bonchev–Trinajstić information content (AvgIpc) is 3.10. The van der Waals surface area contributed by atoms with Gasteiger partial charge in [-0.15, -0.1) is 0 Å². The minimum absolute atomic E-state index is 0.152. The van der Waals surface area contributed by atoms with E-state index in [1.54, 1.807) is 17.0 Å². The molecule has 1 amide bonds. The summed E-state index contributed by atoms with van der Waals surface area (Å²) >= 11 is 1.48. The molecule has 3 rings (SSSR count). The fourth-order valence-electron chi connectivity index (χ4n) is 2.86. The van der Waals surface area contributed by atoms with E-state index in [9.17, 15) is 13.2 Å². The average molecular weight is 447 g/mol. The summed E-state index contributed by atoms with van der Waals surface area (Å²) in [6.07, 6.45) is 0. The maximum Gasteiger partial charge on any atom is 0.260 e. The predicted molar refractivity (Wildman–Crippen MR) is 122 cm³/mol. The molecule has 0 aliphatic carbocycles. The zero-order chi connectivity index (χ0) is 22.1. The maximum absolute atomic E-state index is 13.3. The van der Waals surface area contributed by atoms with Crippen molar-refractivity contribution in [1.82, 2.24) is 14.2 Å². The molecule has 0 fully saturated rings. The summed E-state index contributed by atoms with van der Waals surface area (Å²) in [5.41, 5.74) is 2.42. The first kappa shape index (κ1) is 22.4. The molecule has 3 aromatic rings. The third kappa shape index (κ3) is 4.70. The number of sulfonamides is 1. The van der Waals surface area contributed by atoms with Crippen molar-refractivity contribution in [1.29, 1.82) is 0 Å². The van der Waals surface area contributed by atoms with Gasteiger partial charge in [0.2, 0.25) is 10.0 Å². The summed E-state index contributed by atoms with van der Waals surface area (Å²) in [6, 6.07) is 12.1. The summed E-state index contributed by atoms with van der Waals surface area (Å²) in [5, 5.41) is 0.632. The zero-order valence-corrected chi connectivity index (χ0v) is 19.4. The van der Waals surface area contributed by atoms with Crippen LogP contribution in [-0.2, 0) is 10.0 Å². The summed E-state index contributed by atoms with van der Waals surface area (Å²) < 4.78 is 26.8. The Hall–Kier alpha value is -2.33. The monoisotopic (exact) mass is 446 g/mol. The summed E-state index contributed by atoms with van der Waals surface area (Å²) in [4.78, 5) is 21.8. The quantitative estimate of drug-likeness (QED) is 0.558. The third-order valence-electron chi connectivity index (χ3n) is 4.66. The topological polar surface area (TPSA) is 73.8 Å². The summed E-state index contributed by atoms with van der Waals surface area (Å²) in [7, 11) is 3.31. The Balaban J connectivity index is 1.95. The highest BCUT2D eigenvalue weighted by atomic mass is 32.2. The second-order valence-corrected chi connectivity index (χ2v) is 10.7. The van der Waals surface area contributed by atoms with Gasteiger partial charge in [-0.1, -0.05) is 17.4 Å². The van der Waals surface area contributed by atoms with E-state index < -0.39 is 10.0 Å². The van der Waals surface area contributed by atoms with Gasteiger partial charge in [0.15, 0.2) is 5.13 Å². The lowest BCUT2D eigenvalue weighted by Crippen LogP contribution is -2.36. The number of carbonyl (C=O) groups excluding carboxylic acids is 1. The van der Waals surface area contributed by atoms with E-state index in [1.807, 2.05) is 38.1 Å². The van der Waals surface area contributed by atoms with Gasteiger partial charge in [0.1, 0.15) is 0 Å². The second-order valence-electron chi connectivity index (χ2n) is 7.54. The number of hydrogen-bond donors (Lipinski definition) is 0. The Bertz CT molecular complexity index is 1150. The normalized spacial score (nSPS) is 12.1. The molecule has 160 valence electrons. The van der Waals surface area contributed by atoms with Gasteiger partial charge in [-0.25, -0.2) is 17.7 Å². The zero-order valence-electron chi connectivity index (χ0n) is 17.8. The smallest absolute Gasteiger partial charge is 0.260 e. The molecule has 9 heteroatoms. The molecule has 0 aliphatic rings. The van der Waals surface area contributed by atoms with Gasteiger partial charge in [0.25, 0.3) is 5.91 Å². The number of carbonyl (C=O) groups is 1. The maximum atomic E-state index is 13.3. The van der Waals surface area contributed by atoms with Crippen LogP contribution in [0.15, 0.2) is 47.4 Å². The molecular formula is C21H26N4O3S2. The summed E-state index contributed by atoms with van der Waals surface area (Å²) in [6.45, 7) is 3.17. The van der Waals surface area contributed by atoms with Gasteiger partial charge in [0, 0.05) is 32.7 Å². The third-order valence-corrected chi connectivity index (χ3v) is 7.53. The Labute approximate surface area is 181 Å². The van der Waals surface area contributed by atoms with Crippen LogP contribution in [0.3, 0.4) is 0 Å². The number of rotatable bonds is 7. The standard InChI is InChI=1S/C21H26N4O3S2/c1-15-6-11-18-19(14-15)29-21(22-18)25(13-12-23(2)3)20(26)16-7-9-17(10-8-16)30(27,28)24(4)5/h6-11,14H,12-13H2,1-5H3. The van der Waals surface area contributed by atoms with Crippen molar-refractivity contribution in [3.63, 3.8) is 0 Å². The number of thiazole rings is 1. The van der Waals surface area contributed by atoms with E-state index >= 15 is 0 Å². The van der Waals surface area contributed by atoms with Crippen LogP contribution in [0, 0.1) is 6.92 Å². The molecule has 1 heterocycles. The lowest BCUT2D eigenvalue weighted by atomic mass is 10.2. The lowest BCUT2D eigenvalue weighted by molar-refractivity contribution is 0.0985. The van der Waals surface area contributed by atoms with Crippen LogP contribution in [0.1, 0.15) is 15.9 Å². The predicted octanol–water partition coefficient (Wildman–Crippen LogP) is 3.06. The summed E-state index contributed by atoms with van der Waals surface area (Å²) in [5.74, 6) is -0.207. The van der Waals surface area contributed by atoms with Crippen LogP contribution < -0.4 is 4.90 Å². The molecule has 0 spiro atoms. The largest absolute Gasteiger partial charge is 0.308 e. The van der Waals surface area contributed by atoms with Crippen molar-refractivity contribution < 1.29 is 13.2 Å². The first-order chi connectivity index (χ1) is 14.1. The number of aryl methyl sites for hydroxylation is 1. The van der Waals surface area contributed by atoms with Crippen molar-refractivity contribution in [2.75, 3.05) is 46.2 Å². The van der Waals surface area contributed by atoms with Crippen LogP contribution >= 0.6 is 11.3 Å². The minimum Gasteiger partial charge on any atom is -0.308 e. The van der Waals surface area contributed by atoms with Gasteiger partial charge in [0.05, 0.1) is 15.1 Å². The van der Waals surface area contributed by atoms with Crippen molar-refractivity contribution >= 4 is 42.6 Å². The number of benzene rings is 2. The van der Waals surface area contributed by atoms with Crippen LogP contribution in [-0.4, -0.2) is 69.8 Å². The number of likely N-dealkylation sites (N-methyl/N-ethyl adjacent to an activating group) is 1. The molecule has 0 N–H and O–H groups in total. The number of aromatic nitrogens is 1. The number of hydrogen-bond acceptors (Lipinski definition) is 6. The molecule has 30 heavy (non-hydrogen) atoms. The molecule has 0 unspecified atom stereocenters. The van der Waals surface area contributed by atoms with Gasteiger partial charge in [-0.05, 0) is 63.0 Å². The lowest BCUT2D eigenvalue weighted by Gasteiger charge is -2.22. The van der Waals surface area contributed by atoms with E-state index in [1.165, 1.54) is 37.6 Å². The number of anilines is 1. The van der Waals surface area contributed by atoms with Crippen molar-refractivity contribution in [2.45, 2.75) is 11.8 Å². The molecule has 0 saturated heterocycles. The first-order valence-electron chi connectivity index (χ1n) is 9.46. The van der Waals surface area contributed by atoms with Crippen molar-refractivity contribution in [3.8, 4) is 0 Å². The fraction of sp³-hybridized carbons (Fsp3) is 0.333. The number of nitrogens with zero attached hydrogens (tertiary/aromatic N) is 4. The SMILES string of the molecule is Cc1ccc2nc(N(CCN(C)C)C(=O)c3ccc(S(=O)(=O)N(C)C)cc3)sc2c1. The Morgan fingerprint density at radius 3 is 2.27 bits per heavy atom. The van der Waals surface area contributed by atoms with Gasteiger partial charge >= 0.3 is 0 Å². The van der Waals surface area contributed by atoms with E-state index in [-0.39, 0.29) is 10.8 Å². The Morgan fingerprint density at radius 1 is 1.00 bits per heavy atom. The Morgan fingerprint density at radius 2 is 1.67 bits per heavy atom. The van der Waals surface area contributed by atoms with Crippen LogP contribution in [0.4, 0.5) is 5.13 Å². The van der Waals surface area contributed by atoms with Gasteiger partial charge in [-0.3, -0.25) is 9.69 Å². The second kappa shape index (κ2) is 8.81. The number of fused-ring (bicyclic) bond motifs is 1. The molecule has 0 radical (unpaired) electrons. The minimum atomic E-state index is -3.54. The molecular weight excluding hydrogens is 420 g/mol. The fourth-order valence-corrected chi connectivity index (χ4v) is 4.85. The highest BCUT2D eigenvalue weighted by molar-refractivity contribution is 7.89. The van der Waals surface area contributed by atoms with Crippen molar-refractivity contribution in [3.05, 3.63) is 53.6 Å². The molecule has 2 aromatic carbocycles. The molecule has 7 nitrogen and oxygen atoms in total. The Kier molecular flexibility index (Phi) is 6.56. The van der Waals surface area contributed by atoms with Crippen molar-refractivity contribution in [2.24, 2.45) is 0 Å². The molecule has 0 atom stereocenters. The van der Waals surface area contributed by atoms with Gasteiger partial charge < -0.3 is 4.90 Å². The van der Waals surface area contributed by atoms with E-state index in [0.29, 0.717) is 23.8 Å². The number of amides is 1. The van der Waals surface area contributed by atoms with Crippen LogP contribution in [0.25, 0.3) is 10.2 Å². The van der Waals surface area contributed by atoms with Gasteiger partial charge in [-0.2, -0.15) is 0 Å².